The van der Waals surface area contributed by atoms with Gasteiger partial charge in [0.05, 0.1) is 5.69 Å². The molecule has 1 saturated heterocycles. The Morgan fingerprint density at radius 1 is 1.36 bits per heavy atom. The number of carboxylic acids is 1. The summed E-state index contributed by atoms with van der Waals surface area (Å²) in [6, 6.07) is 7.57. The smallest absolute Gasteiger partial charge is 0.356 e. The van der Waals surface area contributed by atoms with Crippen LogP contribution in [-0.2, 0) is 7.05 Å². The summed E-state index contributed by atoms with van der Waals surface area (Å²) in [5, 5.41) is 13.8. The van der Waals surface area contributed by atoms with Crippen molar-refractivity contribution in [1.82, 2.24) is 9.78 Å². The van der Waals surface area contributed by atoms with Crippen LogP contribution < -0.4 is 0 Å². The minimum atomic E-state index is -1.02. The second kappa shape index (κ2) is 6.34. The number of aromatic carboxylic acids is 1. The molecule has 0 spiro atoms. The average Bonchev–Trinajstić information content (AvgIpc) is 2.90. The van der Waals surface area contributed by atoms with E-state index in [0.717, 1.165) is 16.3 Å². The van der Waals surface area contributed by atoms with Crippen LogP contribution in [0.3, 0.4) is 0 Å². The van der Waals surface area contributed by atoms with E-state index in [1.165, 1.54) is 29.9 Å². The Balaban J connectivity index is 1.93. The van der Waals surface area contributed by atoms with Crippen molar-refractivity contribution in [3.8, 4) is 11.3 Å². The van der Waals surface area contributed by atoms with Gasteiger partial charge in [0, 0.05) is 17.6 Å². The van der Waals surface area contributed by atoms with Gasteiger partial charge in [0.15, 0.2) is 5.69 Å². The zero-order chi connectivity index (χ0) is 15.7. The largest absolute Gasteiger partial charge is 0.476 e. The van der Waals surface area contributed by atoms with Gasteiger partial charge < -0.3 is 5.11 Å². The van der Waals surface area contributed by atoms with Gasteiger partial charge in [0.1, 0.15) is 0 Å². The van der Waals surface area contributed by atoms with Gasteiger partial charge in [-0.05, 0) is 48.0 Å². The highest BCUT2D eigenvalue weighted by molar-refractivity contribution is 7.99. The van der Waals surface area contributed by atoms with Crippen LogP contribution in [0.2, 0.25) is 5.02 Å². The Kier molecular flexibility index (Phi) is 4.45. The molecule has 1 aromatic heterocycles. The Morgan fingerprint density at radius 2 is 2.09 bits per heavy atom. The summed E-state index contributed by atoms with van der Waals surface area (Å²) in [6.07, 6.45) is 2.33. The lowest BCUT2D eigenvalue weighted by Gasteiger charge is -2.23. The molecule has 6 heteroatoms. The first-order chi connectivity index (χ1) is 10.6. The summed E-state index contributed by atoms with van der Waals surface area (Å²) >= 11 is 8.48. The van der Waals surface area contributed by atoms with Crippen molar-refractivity contribution >= 4 is 29.3 Å². The van der Waals surface area contributed by atoms with E-state index >= 15 is 0 Å². The van der Waals surface area contributed by atoms with Crippen molar-refractivity contribution in [2.24, 2.45) is 7.05 Å². The molecule has 1 N–H and O–H groups in total. The summed E-state index contributed by atoms with van der Waals surface area (Å²) in [4.78, 5) is 11.0. The average molecular weight is 337 g/mol. The Morgan fingerprint density at radius 3 is 2.68 bits per heavy atom. The van der Waals surface area contributed by atoms with Crippen LogP contribution in [0, 0.1) is 0 Å². The molecular formula is C16H17ClN2O2S. The highest BCUT2D eigenvalue weighted by Gasteiger charge is 2.19. The maximum absolute atomic E-state index is 11.0. The van der Waals surface area contributed by atoms with Crippen LogP contribution in [0.15, 0.2) is 24.3 Å². The highest BCUT2D eigenvalue weighted by Crippen LogP contribution is 2.37. The second-order valence-electron chi connectivity index (χ2n) is 5.47. The quantitative estimate of drug-likeness (QED) is 0.918. The van der Waals surface area contributed by atoms with Crippen LogP contribution in [0.5, 0.6) is 0 Å². The summed E-state index contributed by atoms with van der Waals surface area (Å²) in [7, 11) is 1.74. The SMILES string of the molecule is Cn1nc(C(=O)O)cc1-c1ccc(C2CCSCC2)c(Cl)c1. The zero-order valence-electron chi connectivity index (χ0n) is 12.3. The lowest BCUT2D eigenvalue weighted by atomic mass is 9.92. The van der Waals surface area contributed by atoms with Gasteiger partial charge >= 0.3 is 5.97 Å². The number of hydrogen-bond acceptors (Lipinski definition) is 3. The molecular weight excluding hydrogens is 320 g/mol. The molecule has 0 radical (unpaired) electrons. The summed E-state index contributed by atoms with van der Waals surface area (Å²) in [6.45, 7) is 0. The maximum Gasteiger partial charge on any atom is 0.356 e. The molecule has 0 saturated carbocycles. The lowest BCUT2D eigenvalue weighted by Crippen LogP contribution is -2.08. The number of hydrogen-bond donors (Lipinski definition) is 1. The van der Waals surface area contributed by atoms with Gasteiger partial charge in [-0.15, -0.1) is 0 Å². The van der Waals surface area contributed by atoms with Crippen LogP contribution >= 0.6 is 23.4 Å². The maximum atomic E-state index is 11.0. The Labute approximate surface area is 138 Å². The van der Waals surface area contributed by atoms with Crippen LogP contribution in [0.25, 0.3) is 11.3 Å². The molecule has 2 heterocycles. The summed E-state index contributed by atoms with van der Waals surface area (Å²) in [5.41, 5.74) is 2.89. The first-order valence-electron chi connectivity index (χ1n) is 7.21. The van der Waals surface area contributed by atoms with Crippen molar-refractivity contribution in [3.05, 3.63) is 40.5 Å². The number of thioether (sulfide) groups is 1. The van der Waals surface area contributed by atoms with E-state index in [1.54, 1.807) is 17.8 Å². The van der Waals surface area contributed by atoms with E-state index in [4.69, 9.17) is 16.7 Å². The molecule has 22 heavy (non-hydrogen) atoms. The predicted molar refractivity (Wildman–Crippen MR) is 89.9 cm³/mol. The zero-order valence-corrected chi connectivity index (χ0v) is 13.8. The number of benzene rings is 1. The first kappa shape index (κ1) is 15.4. The van der Waals surface area contributed by atoms with Crippen LogP contribution in [0.1, 0.15) is 34.8 Å². The summed E-state index contributed by atoms with van der Waals surface area (Å²) in [5.74, 6) is 1.88. The molecule has 1 aliphatic heterocycles. The molecule has 0 unspecified atom stereocenters. The van der Waals surface area contributed by atoms with Crippen LogP contribution in [0.4, 0.5) is 0 Å². The highest BCUT2D eigenvalue weighted by atomic mass is 35.5. The lowest BCUT2D eigenvalue weighted by molar-refractivity contribution is 0.0689. The molecule has 0 atom stereocenters. The van der Waals surface area contributed by atoms with Crippen molar-refractivity contribution in [3.63, 3.8) is 0 Å². The molecule has 0 bridgehead atoms. The fraction of sp³-hybridized carbons (Fsp3) is 0.375. The van der Waals surface area contributed by atoms with E-state index < -0.39 is 5.97 Å². The second-order valence-corrected chi connectivity index (χ2v) is 7.10. The van der Waals surface area contributed by atoms with E-state index in [2.05, 4.69) is 11.2 Å². The third-order valence-corrected chi connectivity index (χ3v) is 5.43. The fourth-order valence-corrected chi connectivity index (χ4v) is 4.31. The number of aryl methyl sites for hydroxylation is 1. The topological polar surface area (TPSA) is 55.1 Å². The van der Waals surface area contributed by atoms with Crippen LogP contribution in [-0.4, -0.2) is 32.4 Å². The van der Waals surface area contributed by atoms with Gasteiger partial charge in [-0.2, -0.15) is 16.9 Å². The van der Waals surface area contributed by atoms with Crippen molar-refractivity contribution < 1.29 is 9.90 Å². The van der Waals surface area contributed by atoms with E-state index in [-0.39, 0.29) is 5.69 Å². The first-order valence-corrected chi connectivity index (χ1v) is 8.74. The van der Waals surface area contributed by atoms with E-state index in [1.807, 2.05) is 23.9 Å². The molecule has 116 valence electrons. The van der Waals surface area contributed by atoms with Gasteiger partial charge in [-0.25, -0.2) is 4.79 Å². The van der Waals surface area contributed by atoms with Gasteiger partial charge in [-0.1, -0.05) is 23.7 Å². The molecule has 1 aromatic carbocycles. The number of aromatic nitrogens is 2. The molecule has 0 amide bonds. The van der Waals surface area contributed by atoms with Gasteiger partial charge in [0.2, 0.25) is 0 Å². The van der Waals surface area contributed by atoms with Crippen molar-refractivity contribution in [2.45, 2.75) is 18.8 Å². The standard InChI is InChI=1S/C16H17ClN2O2S/c1-19-15(9-14(18-19)16(20)21)11-2-3-12(13(17)8-11)10-4-6-22-7-5-10/h2-3,8-10H,4-7H2,1H3,(H,20,21). The Hall–Kier alpha value is -1.46. The number of nitrogens with zero attached hydrogens (tertiary/aromatic N) is 2. The van der Waals surface area contributed by atoms with E-state index in [9.17, 15) is 4.79 Å². The van der Waals surface area contributed by atoms with E-state index in [0.29, 0.717) is 5.92 Å². The summed E-state index contributed by atoms with van der Waals surface area (Å²) < 4.78 is 1.58. The molecule has 0 aliphatic carbocycles. The molecule has 1 aliphatic rings. The number of carbonyl (C=O) groups is 1. The van der Waals surface area contributed by atoms with Crippen molar-refractivity contribution in [1.29, 1.82) is 0 Å². The molecule has 2 aromatic rings. The number of rotatable bonds is 3. The molecule has 1 fully saturated rings. The number of carboxylic acid groups (broad SMARTS) is 1. The minimum absolute atomic E-state index is 0.0435. The monoisotopic (exact) mass is 336 g/mol. The third kappa shape index (κ3) is 3.01. The molecule has 4 nitrogen and oxygen atoms in total. The Bertz CT molecular complexity index is 708. The third-order valence-electron chi connectivity index (χ3n) is 4.06. The van der Waals surface area contributed by atoms with Crippen molar-refractivity contribution in [2.75, 3.05) is 11.5 Å². The normalized spacial score (nSPS) is 15.9. The number of halogens is 1. The predicted octanol–water partition coefficient (Wildman–Crippen LogP) is 4.05. The minimum Gasteiger partial charge on any atom is -0.476 e. The van der Waals surface area contributed by atoms with Gasteiger partial charge in [-0.3, -0.25) is 4.68 Å². The fourth-order valence-electron chi connectivity index (χ4n) is 2.87. The van der Waals surface area contributed by atoms with Gasteiger partial charge in [0.25, 0.3) is 0 Å². The molecule has 3 rings (SSSR count).